The Morgan fingerprint density at radius 2 is 0.717 bits per heavy atom. The van der Waals surface area contributed by atoms with Crippen molar-refractivity contribution in [1.82, 2.24) is 18.3 Å². The monoisotopic (exact) mass is 763 g/mol. The molecule has 60 heavy (non-hydrogen) atoms. The summed E-state index contributed by atoms with van der Waals surface area (Å²) in [5.41, 5.74) is 14.2. The molecule has 0 spiro atoms. The zero-order valence-electron chi connectivity index (χ0n) is 32.3. The Labute approximate surface area is 344 Å². The van der Waals surface area contributed by atoms with E-state index in [1.54, 1.807) is 0 Å². The Hall–Kier alpha value is -8.33. The lowest BCUT2D eigenvalue weighted by molar-refractivity contribution is 1.16. The molecule has 5 heteroatoms. The van der Waals surface area contributed by atoms with Gasteiger partial charge < -0.3 is 18.3 Å². The summed E-state index contributed by atoms with van der Waals surface area (Å²) in [6, 6.07) is 74.2. The smallest absolute Gasteiger partial charge is 0.0992 e. The molecule has 0 saturated heterocycles. The minimum absolute atomic E-state index is 0.643. The van der Waals surface area contributed by atoms with Crippen LogP contribution in [0.1, 0.15) is 5.56 Å². The molecule has 5 nitrogen and oxygen atoms in total. The highest BCUT2D eigenvalue weighted by molar-refractivity contribution is 6.28. The summed E-state index contributed by atoms with van der Waals surface area (Å²) < 4.78 is 9.66. The number of benzene rings is 9. The van der Waals surface area contributed by atoms with Crippen LogP contribution >= 0.6 is 0 Å². The first kappa shape index (κ1) is 32.7. The molecule has 0 aliphatic heterocycles. The molecular weight excluding hydrogens is 731 g/mol. The van der Waals surface area contributed by atoms with Gasteiger partial charge in [0.15, 0.2) is 0 Å². The number of rotatable bonds is 4. The van der Waals surface area contributed by atoms with Gasteiger partial charge in [-0.15, -0.1) is 0 Å². The zero-order chi connectivity index (χ0) is 39.5. The SMILES string of the molecule is N#Cc1ccc2c3ccc4c(c5ccccc5n4-c4ccc5c(c4)c4c(ccc6c7ccccc7n(-c7ccccc7)c64)n5-c4ccccc4)c3n(-c3ccccc3)c2c1. The number of hydrogen-bond donors (Lipinski definition) is 0. The highest BCUT2D eigenvalue weighted by atomic mass is 15.0. The first-order valence-electron chi connectivity index (χ1n) is 20.3. The lowest BCUT2D eigenvalue weighted by Crippen LogP contribution is -1.96. The Morgan fingerprint density at radius 1 is 0.283 bits per heavy atom. The van der Waals surface area contributed by atoms with Gasteiger partial charge in [-0.1, -0.05) is 109 Å². The van der Waals surface area contributed by atoms with Gasteiger partial charge in [-0.25, -0.2) is 0 Å². The first-order valence-corrected chi connectivity index (χ1v) is 20.3. The van der Waals surface area contributed by atoms with Gasteiger partial charge >= 0.3 is 0 Å². The van der Waals surface area contributed by atoms with E-state index in [4.69, 9.17) is 0 Å². The number of fused-ring (bicyclic) bond motifs is 14. The van der Waals surface area contributed by atoms with E-state index in [1.807, 2.05) is 12.1 Å². The third-order valence-electron chi connectivity index (χ3n) is 12.5. The van der Waals surface area contributed by atoms with Crippen LogP contribution < -0.4 is 0 Å². The molecule has 0 aliphatic carbocycles. The van der Waals surface area contributed by atoms with Gasteiger partial charge in [0.25, 0.3) is 0 Å². The maximum atomic E-state index is 9.99. The summed E-state index contributed by atoms with van der Waals surface area (Å²) in [4.78, 5) is 0. The van der Waals surface area contributed by atoms with Crippen molar-refractivity contribution in [3.8, 4) is 28.8 Å². The van der Waals surface area contributed by atoms with Crippen LogP contribution in [0.5, 0.6) is 0 Å². The van der Waals surface area contributed by atoms with Gasteiger partial charge in [-0.3, -0.25) is 0 Å². The van der Waals surface area contributed by atoms with E-state index in [0.717, 1.165) is 66.6 Å². The van der Waals surface area contributed by atoms with Crippen molar-refractivity contribution < 1.29 is 0 Å². The van der Waals surface area contributed by atoms with E-state index in [9.17, 15) is 5.26 Å². The molecular formula is C55H33N5. The van der Waals surface area contributed by atoms with Crippen molar-refractivity contribution in [3.05, 3.63) is 206 Å². The first-order chi connectivity index (χ1) is 29.8. The number of nitrogens with zero attached hydrogens (tertiary/aromatic N) is 5. The Bertz CT molecular complexity index is 3930. The van der Waals surface area contributed by atoms with Gasteiger partial charge in [0.1, 0.15) is 0 Å². The molecule has 0 radical (unpaired) electrons. The summed E-state index contributed by atoms with van der Waals surface area (Å²) in [6.07, 6.45) is 0. The third kappa shape index (κ3) is 4.39. The maximum absolute atomic E-state index is 9.99. The van der Waals surface area contributed by atoms with Crippen LogP contribution in [0.2, 0.25) is 0 Å². The highest BCUT2D eigenvalue weighted by Crippen LogP contribution is 2.45. The van der Waals surface area contributed by atoms with Crippen LogP contribution in [0.25, 0.3) is 110 Å². The number of para-hydroxylation sites is 5. The van der Waals surface area contributed by atoms with Gasteiger partial charge in [-0.05, 0) is 91.0 Å². The van der Waals surface area contributed by atoms with Crippen LogP contribution in [-0.4, -0.2) is 18.3 Å². The average Bonchev–Trinajstić information content (AvgIpc) is 4.04. The van der Waals surface area contributed by atoms with Crippen LogP contribution in [0.15, 0.2) is 200 Å². The van der Waals surface area contributed by atoms with Crippen molar-refractivity contribution in [1.29, 1.82) is 5.26 Å². The summed E-state index contributed by atoms with van der Waals surface area (Å²) in [5, 5.41) is 19.5. The van der Waals surface area contributed by atoms with E-state index < -0.39 is 0 Å². The van der Waals surface area contributed by atoms with E-state index in [0.29, 0.717) is 5.56 Å². The predicted molar refractivity (Wildman–Crippen MR) is 249 cm³/mol. The minimum atomic E-state index is 0.643. The molecule has 4 aromatic heterocycles. The maximum Gasteiger partial charge on any atom is 0.0992 e. The van der Waals surface area contributed by atoms with Crippen molar-refractivity contribution in [2.24, 2.45) is 0 Å². The number of hydrogen-bond acceptors (Lipinski definition) is 1. The number of nitriles is 1. The van der Waals surface area contributed by atoms with Crippen LogP contribution in [0, 0.1) is 11.3 Å². The molecule has 13 rings (SSSR count). The van der Waals surface area contributed by atoms with Gasteiger partial charge in [0.05, 0.1) is 55.8 Å². The molecule has 0 amide bonds. The minimum Gasteiger partial charge on any atom is -0.309 e. The fourth-order valence-corrected chi connectivity index (χ4v) is 10.1. The Morgan fingerprint density at radius 3 is 1.33 bits per heavy atom. The second kappa shape index (κ2) is 12.3. The predicted octanol–water partition coefficient (Wildman–Crippen LogP) is 13.9. The number of aromatic nitrogens is 4. The highest BCUT2D eigenvalue weighted by Gasteiger charge is 2.24. The lowest BCUT2D eigenvalue weighted by Gasteiger charge is -2.11. The molecule has 0 aliphatic rings. The molecule has 0 fully saturated rings. The molecule has 278 valence electrons. The molecule has 9 aromatic carbocycles. The second-order valence-corrected chi connectivity index (χ2v) is 15.6. The Kier molecular flexibility index (Phi) is 6.73. The van der Waals surface area contributed by atoms with Gasteiger partial charge in [0.2, 0.25) is 0 Å². The van der Waals surface area contributed by atoms with Crippen molar-refractivity contribution in [2.75, 3.05) is 0 Å². The molecule has 13 aromatic rings. The van der Waals surface area contributed by atoms with Gasteiger partial charge in [-0.2, -0.15) is 5.26 Å². The molecule has 0 unspecified atom stereocenters. The quantitative estimate of drug-likeness (QED) is 0.176. The average molecular weight is 764 g/mol. The largest absolute Gasteiger partial charge is 0.309 e. The molecule has 0 atom stereocenters. The van der Waals surface area contributed by atoms with Gasteiger partial charge in [0, 0.05) is 65.8 Å². The zero-order valence-corrected chi connectivity index (χ0v) is 32.3. The summed E-state index contributed by atoms with van der Waals surface area (Å²) in [7, 11) is 0. The van der Waals surface area contributed by atoms with Crippen LogP contribution in [0.3, 0.4) is 0 Å². The van der Waals surface area contributed by atoms with E-state index in [1.165, 1.54) is 43.4 Å². The molecule has 0 saturated carbocycles. The summed E-state index contributed by atoms with van der Waals surface area (Å²) in [6.45, 7) is 0. The van der Waals surface area contributed by atoms with E-state index in [2.05, 4.69) is 212 Å². The topological polar surface area (TPSA) is 43.5 Å². The lowest BCUT2D eigenvalue weighted by atomic mass is 10.1. The van der Waals surface area contributed by atoms with E-state index in [-0.39, 0.29) is 0 Å². The van der Waals surface area contributed by atoms with Crippen LogP contribution in [0.4, 0.5) is 0 Å². The van der Waals surface area contributed by atoms with E-state index >= 15 is 0 Å². The fourth-order valence-electron chi connectivity index (χ4n) is 10.1. The van der Waals surface area contributed by atoms with Crippen molar-refractivity contribution in [3.63, 3.8) is 0 Å². The van der Waals surface area contributed by atoms with Crippen molar-refractivity contribution in [2.45, 2.75) is 0 Å². The standard InChI is InChI=1S/C55H33N5/c56-34-35-24-26-41-43-28-30-49-52(54(43)60(51(41)32-35)38-18-8-3-9-19-38)44-21-11-13-23-47(44)58(49)39-25-29-48-45(33-39)53-50(57(48)36-14-4-1-5-15-36)31-27-42-40-20-10-12-22-46(40)59(55(42)53)37-16-6-2-7-17-37/h1-33H. The van der Waals surface area contributed by atoms with Crippen molar-refractivity contribution >= 4 is 87.2 Å². The summed E-state index contributed by atoms with van der Waals surface area (Å²) in [5.74, 6) is 0. The second-order valence-electron chi connectivity index (χ2n) is 15.6. The Balaban J connectivity index is 1.19. The fraction of sp³-hybridized carbons (Fsp3) is 0. The molecule has 4 heterocycles. The normalized spacial score (nSPS) is 12.0. The molecule has 0 N–H and O–H groups in total. The third-order valence-corrected chi connectivity index (χ3v) is 12.5. The molecule has 0 bridgehead atoms. The summed E-state index contributed by atoms with van der Waals surface area (Å²) >= 11 is 0. The van der Waals surface area contributed by atoms with Crippen LogP contribution in [-0.2, 0) is 0 Å².